The molecule has 0 unspecified atom stereocenters. The number of anilines is 1. The summed E-state index contributed by atoms with van der Waals surface area (Å²) in [4.78, 5) is 15.7. The second kappa shape index (κ2) is 3.77. The molecular formula is C11H10FN3O. The quantitative estimate of drug-likeness (QED) is 0.732. The zero-order chi connectivity index (χ0) is 11.7. The fourth-order valence-electron chi connectivity index (χ4n) is 1.37. The first-order valence-electron chi connectivity index (χ1n) is 4.66. The topological polar surface area (TPSA) is 60.9 Å². The molecule has 0 saturated carbocycles. The Morgan fingerprint density at radius 2 is 2.19 bits per heavy atom. The van der Waals surface area contributed by atoms with E-state index in [0.29, 0.717) is 5.56 Å². The number of nitrogen functional groups attached to an aromatic ring is 1. The maximum Gasteiger partial charge on any atom is 0.276 e. The molecule has 0 amide bonds. The molecule has 0 spiro atoms. The summed E-state index contributed by atoms with van der Waals surface area (Å²) in [6, 6.07) is 4.19. The van der Waals surface area contributed by atoms with Crippen molar-refractivity contribution in [1.82, 2.24) is 9.55 Å². The summed E-state index contributed by atoms with van der Waals surface area (Å²) in [5, 5.41) is 0. The largest absolute Gasteiger partial charge is 0.396 e. The van der Waals surface area contributed by atoms with Crippen LogP contribution in [0.5, 0.6) is 0 Å². The van der Waals surface area contributed by atoms with Crippen molar-refractivity contribution in [3.05, 3.63) is 46.8 Å². The number of nitrogens with zero attached hydrogens (tertiary/aromatic N) is 2. The third-order valence-electron chi connectivity index (χ3n) is 2.29. The SMILES string of the molecule is Cn1ccnc(-c2ccc(N)c(F)c2)c1=O. The van der Waals surface area contributed by atoms with Crippen LogP contribution in [-0.4, -0.2) is 9.55 Å². The zero-order valence-electron chi connectivity index (χ0n) is 8.64. The molecule has 0 saturated heterocycles. The van der Waals surface area contributed by atoms with E-state index < -0.39 is 5.82 Å². The lowest BCUT2D eigenvalue weighted by Gasteiger charge is -2.03. The number of aromatic nitrogens is 2. The van der Waals surface area contributed by atoms with Crippen molar-refractivity contribution < 1.29 is 4.39 Å². The van der Waals surface area contributed by atoms with E-state index >= 15 is 0 Å². The number of benzene rings is 1. The Bertz CT molecular complexity index is 592. The molecule has 0 aliphatic rings. The van der Waals surface area contributed by atoms with Gasteiger partial charge in [0.1, 0.15) is 11.5 Å². The first kappa shape index (κ1) is 10.4. The highest BCUT2D eigenvalue weighted by Crippen LogP contribution is 2.18. The molecule has 82 valence electrons. The van der Waals surface area contributed by atoms with Crippen LogP contribution in [0, 0.1) is 5.82 Å². The van der Waals surface area contributed by atoms with E-state index in [4.69, 9.17) is 5.73 Å². The minimum Gasteiger partial charge on any atom is -0.396 e. The predicted molar refractivity (Wildman–Crippen MR) is 59.3 cm³/mol. The molecule has 0 aliphatic carbocycles. The number of hydrogen-bond donors (Lipinski definition) is 1. The van der Waals surface area contributed by atoms with Gasteiger partial charge in [-0.1, -0.05) is 6.07 Å². The van der Waals surface area contributed by atoms with Crippen LogP contribution in [0.4, 0.5) is 10.1 Å². The summed E-state index contributed by atoms with van der Waals surface area (Å²) in [5.41, 5.74) is 5.77. The molecule has 2 N–H and O–H groups in total. The van der Waals surface area contributed by atoms with Gasteiger partial charge in [-0.2, -0.15) is 0 Å². The highest BCUT2D eigenvalue weighted by atomic mass is 19.1. The van der Waals surface area contributed by atoms with E-state index in [-0.39, 0.29) is 16.9 Å². The van der Waals surface area contributed by atoms with Gasteiger partial charge in [0.05, 0.1) is 5.69 Å². The molecule has 1 aromatic carbocycles. The van der Waals surface area contributed by atoms with Crippen molar-refractivity contribution in [2.45, 2.75) is 0 Å². The van der Waals surface area contributed by atoms with Gasteiger partial charge < -0.3 is 10.3 Å². The van der Waals surface area contributed by atoms with Crippen molar-refractivity contribution in [3.8, 4) is 11.3 Å². The maximum atomic E-state index is 13.2. The molecule has 0 atom stereocenters. The molecule has 2 rings (SSSR count). The summed E-state index contributed by atoms with van der Waals surface area (Å²) in [7, 11) is 1.61. The van der Waals surface area contributed by atoms with Crippen molar-refractivity contribution in [1.29, 1.82) is 0 Å². The summed E-state index contributed by atoms with van der Waals surface area (Å²) in [6.07, 6.45) is 3.03. The van der Waals surface area contributed by atoms with Gasteiger partial charge in [-0.15, -0.1) is 0 Å². The van der Waals surface area contributed by atoms with Gasteiger partial charge in [0.15, 0.2) is 0 Å². The molecule has 1 heterocycles. The van der Waals surface area contributed by atoms with E-state index in [0.717, 1.165) is 0 Å². The Kier molecular flexibility index (Phi) is 2.44. The summed E-state index contributed by atoms with van der Waals surface area (Å²) in [5.74, 6) is -0.551. The molecule has 0 bridgehead atoms. The Labute approximate surface area is 91.2 Å². The number of hydrogen-bond acceptors (Lipinski definition) is 3. The molecule has 1 aromatic heterocycles. The van der Waals surface area contributed by atoms with Crippen LogP contribution < -0.4 is 11.3 Å². The van der Waals surface area contributed by atoms with Gasteiger partial charge in [-0.25, -0.2) is 9.37 Å². The van der Waals surface area contributed by atoms with Gasteiger partial charge in [-0.05, 0) is 12.1 Å². The van der Waals surface area contributed by atoms with Gasteiger partial charge in [0, 0.05) is 25.0 Å². The van der Waals surface area contributed by atoms with Gasteiger partial charge in [0.2, 0.25) is 0 Å². The normalized spacial score (nSPS) is 10.4. The summed E-state index contributed by atoms with van der Waals surface area (Å²) >= 11 is 0. The van der Waals surface area contributed by atoms with Crippen molar-refractivity contribution >= 4 is 5.69 Å². The number of aryl methyl sites for hydroxylation is 1. The molecule has 0 aliphatic heterocycles. The van der Waals surface area contributed by atoms with Crippen LogP contribution in [0.25, 0.3) is 11.3 Å². The van der Waals surface area contributed by atoms with Crippen LogP contribution >= 0.6 is 0 Å². The zero-order valence-corrected chi connectivity index (χ0v) is 8.64. The van der Waals surface area contributed by atoms with E-state index in [2.05, 4.69) is 4.98 Å². The number of halogens is 1. The van der Waals surface area contributed by atoms with E-state index in [1.54, 1.807) is 19.3 Å². The van der Waals surface area contributed by atoms with Crippen LogP contribution in [0.15, 0.2) is 35.4 Å². The molecule has 2 aromatic rings. The Balaban J connectivity index is 2.64. The fourth-order valence-corrected chi connectivity index (χ4v) is 1.37. The summed E-state index contributed by atoms with van der Waals surface area (Å²) < 4.78 is 14.6. The second-order valence-electron chi connectivity index (χ2n) is 3.43. The first-order chi connectivity index (χ1) is 7.59. The molecule has 16 heavy (non-hydrogen) atoms. The highest BCUT2D eigenvalue weighted by molar-refractivity contribution is 5.61. The maximum absolute atomic E-state index is 13.2. The number of nitrogens with two attached hydrogens (primary N) is 1. The average Bonchev–Trinajstić information content (AvgIpc) is 2.26. The molecule has 0 fully saturated rings. The predicted octanol–water partition coefficient (Wildman–Crippen LogP) is 1.17. The highest BCUT2D eigenvalue weighted by Gasteiger charge is 2.08. The minimum atomic E-state index is -0.551. The van der Waals surface area contributed by atoms with Crippen molar-refractivity contribution in [2.24, 2.45) is 7.05 Å². The lowest BCUT2D eigenvalue weighted by atomic mass is 10.1. The van der Waals surface area contributed by atoms with Crippen LogP contribution in [0.3, 0.4) is 0 Å². The van der Waals surface area contributed by atoms with Crippen molar-refractivity contribution in [2.75, 3.05) is 5.73 Å². The number of rotatable bonds is 1. The van der Waals surface area contributed by atoms with Crippen molar-refractivity contribution in [3.63, 3.8) is 0 Å². The van der Waals surface area contributed by atoms with Gasteiger partial charge in [0.25, 0.3) is 5.56 Å². The summed E-state index contributed by atoms with van der Waals surface area (Å²) in [6.45, 7) is 0. The van der Waals surface area contributed by atoms with Gasteiger partial charge >= 0.3 is 0 Å². The Hall–Kier alpha value is -2.17. The molecule has 4 nitrogen and oxygen atoms in total. The second-order valence-corrected chi connectivity index (χ2v) is 3.43. The fraction of sp³-hybridized carbons (Fsp3) is 0.0909. The van der Waals surface area contributed by atoms with E-state index in [1.807, 2.05) is 0 Å². The average molecular weight is 219 g/mol. The van der Waals surface area contributed by atoms with Gasteiger partial charge in [-0.3, -0.25) is 4.79 Å². The Morgan fingerprint density at radius 3 is 2.88 bits per heavy atom. The lowest BCUT2D eigenvalue weighted by Crippen LogP contribution is -2.19. The van der Waals surface area contributed by atoms with E-state index in [9.17, 15) is 9.18 Å². The smallest absolute Gasteiger partial charge is 0.276 e. The molecule has 5 heteroatoms. The first-order valence-corrected chi connectivity index (χ1v) is 4.66. The lowest BCUT2D eigenvalue weighted by molar-refractivity contribution is 0.633. The third-order valence-corrected chi connectivity index (χ3v) is 2.29. The minimum absolute atomic E-state index is 0.0523. The monoisotopic (exact) mass is 219 g/mol. The molecular weight excluding hydrogens is 209 g/mol. The molecule has 0 radical (unpaired) electrons. The standard InChI is InChI=1S/C11H10FN3O/c1-15-5-4-14-10(11(15)16)7-2-3-9(13)8(12)6-7/h2-6H,13H2,1H3. The van der Waals surface area contributed by atoms with Crippen LogP contribution in [0.2, 0.25) is 0 Å². The van der Waals surface area contributed by atoms with Crippen LogP contribution in [-0.2, 0) is 7.05 Å². The Morgan fingerprint density at radius 1 is 1.44 bits per heavy atom. The third kappa shape index (κ3) is 1.67. The van der Waals surface area contributed by atoms with Crippen LogP contribution in [0.1, 0.15) is 0 Å². The van der Waals surface area contributed by atoms with E-state index in [1.165, 1.54) is 22.9 Å².